The number of thioether (sulfide) groups is 1. The van der Waals surface area contributed by atoms with Gasteiger partial charge in [0.15, 0.2) is 5.16 Å². The quantitative estimate of drug-likeness (QED) is 0.620. The largest absolute Gasteiger partial charge is 0.339 e. The fraction of sp³-hybridized carbons (Fsp3) is 0.688. The molecule has 0 unspecified atom stereocenters. The predicted molar refractivity (Wildman–Crippen MR) is 86.5 cm³/mol. The minimum absolute atomic E-state index is 0.0669. The SMILES string of the molecule is CSc1ncc(C(=O)N2CCC[C@@H](C(C)(C)C)CC2)cn1. The summed E-state index contributed by atoms with van der Waals surface area (Å²) in [6.07, 6.45) is 8.59. The molecule has 0 bridgehead atoms. The van der Waals surface area contributed by atoms with Crippen LogP contribution in [0.3, 0.4) is 0 Å². The predicted octanol–water partition coefficient (Wildman–Crippen LogP) is 3.49. The van der Waals surface area contributed by atoms with Crippen LogP contribution in [0.4, 0.5) is 0 Å². The number of hydrogen-bond acceptors (Lipinski definition) is 4. The second kappa shape index (κ2) is 6.77. The molecule has 1 aliphatic heterocycles. The highest BCUT2D eigenvalue weighted by atomic mass is 32.2. The number of carbonyl (C=O) groups is 1. The Labute approximate surface area is 131 Å². The van der Waals surface area contributed by atoms with E-state index >= 15 is 0 Å². The standard InChI is InChI=1S/C16H25N3OS/c1-16(2,3)13-6-5-8-19(9-7-13)14(20)12-10-17-15(21-4)18-11-12/h10-11,13H,5-9H2,1-4H3/t13-/m1/s1. The summed E-state index contributed by atoms with van der Waals surface area (Å²) in [7, 11) is 0. The first-order chi connectivity index (χ1) is 9.91. The van der Waals surface area contributed by atoms with Gasteiger partial charge >= 0.3 is 0 Å². The monoisotopic (exact) mass is 307 g/mol. The highest BCUT2D eigenvalue weighted by molar-refractivity contribution is 7.98. The molecule has 116 valence electrons. The lowest BCUT2D eigenvalue weighted by atomic mass is 9.77. The van der Waals surface area contributed by atoms with E-state index in [1.807, 2.05) is 11.2 Å². The van der Waals surface area contributed by atoms with E-state index in [4.69, 9.17) is 0 Å². The maximum absolute atomic E-state index is 12.5. The van der Waals surface area contributed by atoms with Crippen molar-refractivity contribution in [1.82, 2.24) is 14.9 Å². The Morgan fingerprint density at radius 3 is 2.48 bits per heavy atom. The third-order valence-corrected chi connectivity index (χ3v) is 4.87. The second-order valence-electron chi connectivity index (χ2n) is 6.74. The van der Waals surface area contributed by atoms with Crippen LogP contribution in [0.2, 0.25) is 0 Å². The number of carbonyl (C=O) groups excluding carboxylic acids is 1. The van der Waals surface area contributed by atoms with Gasteiger partial charge in [0.1, 0.15) is 0 Å². The zero-order valence-corrected chi connectivity index (χ0v) is 14.2. The Hall–Kier alpha value is -1.10. The fourth-order valence-electron chi connectivity index (χ4n) is 2.88. The lowest BCUT2D eigenvalue weighted by Gasteiger charge is -2.29. The van der Waals surface area contributed by atoms with Crippen LogP contribution in [0, 0.1) is 11.3 Å². The van der Waals surface area contributed by atoms with Crippen molar-refractivity contribution in [1.29, 1.82) is 0 Å². The Morgan fingerprint density at radius 1 is 1.24 bits per heavy atom. The first-order valence-electron chi connectivity index (χ1n) is 7.57. The molecule has 0 saturated carbocycles. The van der Waals surface area contributed by atoms with Crippen molar-refractivity contribution in [2.75, 3.05) is 19.3 Å². The zero-order chi connectivity index (χ0) is 15.5. The van der Waals surface area contributed by atoms with Crippen molar-refractivity contribution in [3.05, 3.63) is 18.0 Å². The van der Waals surface area contributed by atoms with Gasteiger partial charge < -0.3 is 4.90 Å². The fourth-order valence-corrected chi connectivity index (χ4v) is 3.20. The first-order valence-corrected chi connectivity index (χ1v) is 8.79. The molecule has 1 atom stereocenters. The Kier molecular flexibility index (Phi) is 5.25. The molecule has 0 aromatic carbocycles. The van der Waals surface area contributed by atoms with Crippen LogP contribution in [0.15, 0.2) is 17.6 Å². The molecule has 1 aromatic rings. The highest BCUT2D eigenvalue weighted by Gasteiger charge is 2.28. The maximum Gasteiger partial charge on any atom is 0.256 e. The molecule has 0 aliphatic carbocycles. The zero-order valence-electron chi connectivity index (χ0n) is 13.4. The van der Waals surface area contributed by atoms with E-state index in [1.54, 1.807) is 12.4 Å². The van der Waals surface area contributed by atoms with Gasteiger partial charge in [0.25, 0.3) is 5.91 Å². The Morgan fingerprint density at radius 2 is 1.90 bits per heavy atom. The van der Waals surface area contributed by atoms with E-state index in [0.29, 0.717) is 22.1 Å². The number of rotatable bonds is 2. The third kappa shape index (κ3) is 4.19. The molecule has 2 rings (SSSR count). The molecular formula is C16H25N3OS. The van der Waals surface area contributed by atoms with Crippen LogP contribution in [0.25, 0.3) is 0 Å². The highest BCUT2D eigenvalue weighted by Crippen LogP contribution is 2.34. The van der Waals surface area contributed by atoms with Crippen molar-refractivity contribution < 1.29 is 4.79 Å². The summed E-state index contributed by atoms with van der Waals surface area (Å²) >= 11 is 1.48. The minimum atomic E-state index is 0.0669. The van der Waals surface area contributed by atoms with Gasteiger partial charge in [-0.05, 0) is 36.9 Å². The smallest absolute Gasteiger partial charge is 0.256 e. The molecule has 1 aliphatic rings. The summed E-state index contributed by atoms with van der Waals surface area (Å²) in [6.45, 7) is 8.57. The Balaban J connectivity index is 2.02. The maximum atomic E-state index is 12.5. The first kappa shape index (κ1) is 16.3. The summed E-state index contributed by atoms with van der Waals surface area (Å²) in [5, 5.41) is 0.704. The average molecular weight is 307 g/mol. The lowest BCUT2D eigenvalue weighted by molar-refractivity contribution is 0.0754. The van der Waals surface area contributed by atoms with Crippen molar-refractivity contribution in [2.45, 2.75) is 45.2 Å². The van der Waals surface area contributed by atoms with Crippen molar-refractivity contribution in [2.24, 2.45) is 11.3 Å². The molecular weight excluding hydrogens is 282 g/mol. The molecule has 0 N–H and O–H groups in total. The van der Waals surface area contributed by atoms with Crippen LogP contribution in [0.5, 0.6) is 0 Å². The van der Waals surface area contributed by atoms with Crippen LogP contribution >= 0.6 is 11.8 Å². The van der Waals surface area contributed by atoms with Crippen molar-refractivity contribution >= 4 is 17.7 Å². The average Bonchev–Trinajstić information content (AvgIpc) is 2.72. The van der Waals surface area contributed by atoms with Crippen LogP contribution in [-0.2, 0) is 0 Å². The number of hydrogen-bond donors (Lipinski definition) is 0. The van der Waals surface area contributed by atoms with E-state index < -0.39 is 0 Å². The van der Waals surface area contributed by atoms with Gasteiger partial charge in [0.2, 0.25) is 0 Å². The van der Waals surface area contributed by atoms with Gasteiger partial charge in [0.05, 0.1) is 5.56 Å². The van der Waals surface area contributed by atoms with Gasteiger partial charge in [-0.2, -0.15) is 0 Å². The van der Waals surface area contributed by atoms with Crippen molar-refractivity contribution in [3.63, 3.8) is 0 Å². The van der Waals surface area contributed by atoms with Gasteiger partial charge in [-0.1, -0.05) is 32.5 Å². The molecule has 1 fully saturated rings. The van der Waals surface area contributed by atoms with E-state index in [1.165, 1.54) is 18.2 Å². The molecule has 21 heavy (non-hydrogen) atoms. The van der Waals surface area contributed by atoms with Gasteiger partial charge in [-0.3, -0.25) is 4.79 Å². The summed E-state index contributed by atoms with van der Waals surface area (Å²) in [5.74, 6) is 0.752. The number of likely N-dealkylation sites (tertiary alicyclic amines) is 1. The molecule has 1 aromatic heterocycles. The summed E-state index contributed by atoms with van der Waals surface area (Å²) < 4.78 is 0. The van der Waals surface area contributed by atoms with Crippen LogP contribution in [0.1, 0.15) is 50.4 Å². The van der Waals surface area contributed by atoms with E-state index in [-0.39, 0.29) is 5.91 Å². The normalized spacial score (nSPS) is 20.2. The van der Waals surface area contributed by atoms with Crippen molar-refractivity contribution in [3.8, 4) is 0 Å². The molecule has 0 radical (unpaired) electrons. The van der Waals surface area contributed by atoms with E-state index in [9.17, 15) is 4.79 Å². The molecule has 5 heteroatoms. The molecule has 1 saturated heterocycles. The minimum Gasteiger partial charge on any atom is -0.339 e. The topological polar surface area (TPSA) is 46.1 Å². The van der Waals surface area contributed by atoms with Crippen LogP contribution in [-0.4, -0.2) is 40.1 Å². The number of amides is 1. The second-order valence-corrected chi connectivity index (χ2v) is 7.52. The molecule has 2 heterocycles. The van der Waals surface area contributed by atoms with E-state index in [0.717, 1.165) is 25.9 Å². The summed E-state index contributed by atoms with van der Waals surface area (Å²) in [4.78, 5) is 22.9. The van der Waals surface area contributed by atoms with Gasteiger partial charge in [0, 0.05) is 25.5 Å². The number of aromatic nitrogens is 2. The van der Waals surface area contributed by atoms with Crippen LogP contribution < -0.4 is 0 Å². The van der Waals surface area contributed by atoms with E-state index in [2.05, 4.69) is 30.7 Å². The van der Waals surface area contributed by atoms with Gasteiger partial charge in [-0.15, -0.1) is 0 Å². The lowest BCUT2D eigenvalue weighted by Crippen LogP contribution is -2.32. The van der Waals surface area contributed by atoms with Gasteiger partial charge in [-0.25, -0.2) is 9.97 Å². The Bertz CT molecular complexity index is 481. The summed E-state index contributed by atoms with van der Waals surface area (Å²) in [6, 6.07) is 0. The third-order valence-electron chi connectivity index (χ3n) is 4.30. The summed E-state index contributed by atoms with van der Waals surface area (Å²) in [5.41, 5.74) is 0.921. The molecule has 0 spiro atoms. The molecule has 4 nitrogen and oxygen atoms in total. The number of nitrogens with zero attached hydrogens (tertiary/aromatic N) is 3. The molecule has 1 amide bonds.